The molecule has 0 fully saturated rings. The average Bonchev–Trinajstić information content (AvgIpc) is 2.17. The molecule has 0 radical (unpaired) electrons. The summed E-state index contributed by atoms with van der Waals surface area (Å²) < 4.78 is 3.21. The number of benzene rings is 2. The molecule has 2 rings (SSSR count). The summed E-state index contributed by atoms with van der Waals surface area (Å²) >= 11 is 10.6. The van der Waals surface area contributed by atoms with Crippen LogP contribution in [0.3, 0.4) is 0 Å². The Morgan fingerprint density at radius 2 is 1.27 bits per heavy atom. The lowest BCUT2D eigenvalue weighted by molar-refractivity contribution is 1.52. The van der Waals surface area contributed by atoms with Crippen LogP contribution in [0.2, 0.25) is 0 Å². The van der Waals surface area contributed by atoms with Crippen LogP contribution < -0.4 is 0 Å². The van der Waals surface area contributed by atoms with E-state index < -0.39 is 0 Å². The first-order valence-corrected chi connectivity index (χ1v) is 6.76. The lowest BCUT2D eigenvalue weighted by Gasteiger charge is -2.08. The van der Waals surface area contributed by atoms with Gasteiger partial charge < -0.3 is 0 Å². The molecule has 2 aromatic carbocycles. The highest BCUT2D eigenvalue weighted by Gasteiger charge is 2.08. The molecule has 0 bridgehead atoms. The van der Waals surface area contributed by atoms with E-state index in [1.165, 1.54) is 11.1 Å². The van der Waals surface area contributed by atoms with Crippen molar-refractivity contribution in [3.05, 3.63) is 55.9 Å². The van der Waals surface area contributed by atoms with Crippen LogP contribution in [0.25, 0.3) is 11.1 Å². The van der Waals surface area contributed by atoms with E-state index in [-0.39, 0.29) is 0 Å². The second kappa shape index (κ2) is 4.81. The standard InChI is InChI=1S/C12H7Br3/c13-9-6-10(14)12(11(15)7-9)8-4-2-1-3-5-8/h1-7H. The van der Waals surface area contributed by atoms with E-state index >= 15 is 0 Å². The van der Waals surface area contributed by atoms with Crippen molar-refractivity contribution in [3.63, 3.8) is 0 Å². The quantitative estimate of drug-likeness (QED) is 0.591. The molecular weight excluding hydrogens is 384 g/mol. The number of halogens is 3. The molecule has 0 heterocycles. The second-order valence-corrected chi connectivity index (χ2v) is 5.73. The molecule has 0 aliphatic heterocycles. The molecule has 0 nitrogen and oxygen atoms in total. The van der Waals surface area contributed by atoms with Gasteiger partial charge in [0.2, 0.25) is 0 Å². The van der Waals surface area contributed by atoms with Gasteiger partial charge in [-0.25, -0.2) is 0 Å². The zero-order valence-corrected chi connectivity index (χ0v) is 12.4. The van der Waals surface area contributed by atoms with E-state index in [4.69, 9.17) is 0 Å². The molecule has 0 spiro atoms. The van der Waals surface area contributed by atoms with Gasteiger partial charge in [0.15, 0.2) is 0 Å². The third-order valence-electron chi connectivity index (χ3n) is 2.07. The van der Waals surface area contributed by atoms with Crippen molar-refractivity contribution in [1.82, 2.24) is 0 Å². The third kappa shape index (κ3) is 2.52. The van der Waals surface area contributed by atoms with Gasteiger partial charge in [-0.05, 0) is 17.7 Å². The first kappa shape index (κ1) is 11.4. The first-order valence-electron chi connectivity index (χ1n) is 4.38. The normalized spacial score (nSPS) is 10.3. The summed E-state index contributed by atoms with van der Waals surface area (Å²) in [6.07, 6.45) is 0. The van der Waals surface area contributed by atoms with Crippen LogP contribution in [-0.2, 0) is 0 Å². The monoisotopic (exact) mass is 388 g/mol. The predicted octanol–water partition coefficient (Wildman–Crippen LogP) is 5.64. The number of hydrogen-bond acceptors (Lipinski definition) is 0. The third-order valence-corrected chi connectivity index (χ3v) is 3.78. The van der Waals surface area contributed by atoms with Crippen molar-refractivity contribution in [2.24, 2.45) is 0 Å². The molecule has 0 saturated heterocycles. The van der Waals surface area contributed by atoms with Gasteiger partial charge in [0, 0.05) is 19.0 Å². The molecule has 0 unspecified atom stereocenters. The minimum atomic E-state index is 1.06. The maximum Gasteiger partial charge on any atom is 0.0276 e. The Morgan fingerprint density at radius 3 is 1.80 bits per heavy atom. The smallest absolute Gasteiger partial charge is 0.0276 e. The van der Waals surface area contributed by atoms with Crippen LogP contribution in [0.15, 0.2) is 55.9 Å². The molecule has 0 saturated carbocycles. The summed E-state index contributed by atoms with van der Waals surface area (Å²) in [4.78, 5) is 0. The highest BCUT2D eigenvalue weighted by Crippen LogP contribution is 2.37. The van der Waals surface area contributed by atoms with Crippen molar-refractivity contribution in [2.45, 2.75) is 0 Å². The van der Waals surface area contributed by atoms with Crippen LogP contribution >= 0.6 is 47.8 Å². The topological polar surface area (TPSA) is 0 Å². The van der Waals surface area contributed by atoms with Gasteiger partial charge in [0.25, 0.3) is 0 Å². The Kier molecular flexibility index (Phi) is 3.65. The molecule has 0 aliphatic rings. The average molecular weight is 391 g/mol. The van der Waals surface area contributed by atoms with E-state index in [1.54, 1.807) is 0 Å². The zero-order chi connectivity index (χ0) is 10.8. The van der Waals surface area contributed by atoms with Crippen molar-refractivity contribution in [1.29, 1.82) is 0 Å². The Hall–Kier alpha value is -0.120. The molecular formula is C12H7Br3. The van der Waals surface area contributed by atoms with E-state index in [9.17, 15) is 0 Å². The molecule has 3 heteroatoms. The molecule has 76 valence electrons. The van der Waals surface area contributed by atoms with Gasteiger partial charge in [0.05, 0.1) is 0 Å². The summed E-state index contributed by atoms with van der Waals surface area (Å²) in [6, 6.07) is 14.4. The summed E-state index contributed by atoms with van der Waals surface area (Å²) in [5.74, 6) is 0. The van der Waals surface area contributed by atoms with Crippen molar-refractivity contribution >= 4 is 47.8 Å². The zero-order valence-electron chi connectivity index (χ0n) is 7.68. The SMILES string of the molecule is Brc1cc(Br)c(-c2ccccc2)c(Br)c1. The minimum absolute atomic E-state index is 1.06. The maximum atomic E-state index is 3.57. The van der Waals surface area contributed by atoms with Gasteiger partial charge in [-0.1, -0.05) is 78.1 Å². The van der Waals surface area contributed by atoms with Crippen LogP contribution in [0.5, 0.6) is 0 Å². The lowest BCUT2D eigenvalue weighted by atomic mass is 10.1. The van der Waals surface area contributed by atoms with Crippen LogP contribution in [-0.4, -0.2) is 0 Å². The first-order chi connectivity index (χ1) is 7.18. The number of hydrogen-bond donors (Lipinski definition) is 0. The summed E-state index contributed by atoms with van der Waals surface area (Å²) in [7, 11) is 0. The van der Waals surface area contributed by atoms with Crippen molar-refractivity contribution < 1.29 is 0 Å². The van der Waals surface area contributed by atoms with Gasteiger partial charge in [-0.2, -0.15) is 0 Å². The molecule has 0 aromatic heterocycles. The van der Waals surface area contributed by atoms with E-state index in [2.05, 4.69) is 59.9 Å². The maximum absolute atomic E-state index is 3.57. The fourth-order valence-corrected chi connectivity index (χ4v) is 4.14. The lowest BCUT2D eigenvalue weighted by Crippen LogP contribution is -1.82. The van der Waals surface area contributed by atoms with Gasteiger partial charge >= 0.3 is 0 Å². The van der Waals surface area contributed by atoms with Crippen molar-refractivity contribution in [3.8, 4) is 11.1 Å². The Bertz CT molecular complexity index is 454. The van der Waals surface area contributed by atoms with Gasteiger partial charge in [-0.3, -0.25) is 0 Å². The fraction of sp³-hybridized carbons (Fsp3) is 0. The fourth-order valence-electron chi connectivity index (χ4n) is 1.42. The number of rotatable bonds is 1. The largest absolute Gasteiger partial charge is 0.0622 e. The van der Waals surface area contributed by atoms with Crippen molar-refractivity contribution in [2.75, 3.05) is 0 Å². The Morgan fingerprint density at radius 1 is 0.733 bits per heavy atom. The summed E-state index contributed by atoms with van der Waals surface area (Å²) in [5, 5.41) is 0. The molecule has 2 aromatic rings. The van der Waals surface area contributed by atoms with Crippen LogP contribution in [0.1, 0.15) is 0 Å². The minimum Gasteiger partial charge on any atom is -0.0622 e. The molecule has 0 N–H and O–H groups in total. The molecule has 0 amide bonds. The summed E-state index contributed by atoms with van der Waals surface area (Å²) in [6.45, 7) is 0. The van der Waals surface area contributed by atoms with E-state index in [1.807, 2.05) is 30.3 Å². The van der Waals surface area contributed by atoms with E-state index in [0.717, 1.165) is 13.4 Å². The van der Waals surface area contributed by atoms with Gasteiger partial charge in [-0.15, -0.1) is 0 Å². The second-order valence-electron chi connectivity index (χ2n) is 3.11. The Balaban J connectivity index is 2.64. The van der Waals surface area contributed by atoms with Crippen LogP contribution in [0.4, 0.5) is 0 Å². The molecule has 15 heavy (non-hydrogen) atoms. The van der Waals surface area contributed by atoms with Gasteiger partial charge in [0.1, 0.15) is 0 Å². The highest BCUT2D eigenvalue weighted by atomic mass is 79.9. The van der Waals surface area contributed by atoms with E-state index in [0.29, 0.717) is 0 Å². The highest BCUT2D eigenvalue weighted by molar-refractivity contribution is 9.11. The van der Waals surface area contributed by atoms with Crippen LogP contribution in [0, 0.1) is 0 Å². The Labute approximate surface area is 114 Å². The summed E-state index contributed by atoms with van der Waals surface area (Å²) in [5.41, 5.74) is 2.38. The molecule has 0 atom stereocenters. The predicted molar refractivity (Wildman–Crippen MR) is 75.0 cm³/mol. The molecule has 0 aliphatic carbocycles.